The number of benzene rings is 2. The van der Waals surface area contributed by atoms with Crippen LogP contribution in [0.4, 0.5) is 11.4 Å². The lowest BCUT2D eigenvalue weighted by molar-refractivity contribution is 0.0926. The van der Waals surface area contributed by atoms with Crippen molar-refractivity contribution < 1.29 is 14.7 Å². The minimum absolute atomic E-state index is 0.0844. The Morgan fingerprint density at radius 1 is 0.950 bits per heavy atom. The van der Waals surface area contributed by atoms with Gasteiger partial charge in [0.1, 0.15) is 0 Å². The molecule has 0 fully saturated rings. The first kappa shape index (κ1) is 12.4. The van der Waals surface area contributed by atoms with Crippen LogP contribution < -0.4 is 10.6 Å². The standard InChI is InChI=1S/C15H12N2O3/c16-10-3-6-12-13(7-10)15(20)17(14(12)19)11-4-1-9(8-18)2-5-11/h1-7,18H,8,16H2. The number of nitrogens with two attached hydrogens (primary N) is 1. The number of amides is 2. The third kappa shape index (κ3) is 1.76. The Hall–Kier alpha value is -2.66. The van der Waals surface area contributed by atoms with Gasteiger partial charge in [0, 0.05) is 5.69 Å². The Morgan fingerprint density at radius 3 is 2.25 bits per heavy atom. The molecule has 2 amide bonds. The molecule has 1 aliphatic heterocycles. The maximum atomic E-state index is 12.3. The van der Waals surface area contributed by atoms with Crippen LogP contribution in [0.25, 0.3) is 0 Å². The molecule has 0 spiro atoms. The average molecular weight is 268 g/mol. The van der Waals surface area contributed by atoms with E-state index in [9.17, 15) is 9.59 Å². The Labute approximate surface area is 115 Å². The van der Waals surface area contributed by atoms with Gasteiger partial charge in [-0.3, -0.25) is 9.59 Å². The summed E-state index contributed by atoms with van der Waals surface area (Å²) in [5, 5.41) is 9.01. The van der Waals surface area contributed by atoms with E-state index in [0.717, 1.165) is 10.5 Å². The fourth-order valence-corrected chi connectivity index (χ4v) is 2.24. The third-order valence-corrected chi connectivity index (χ3v) is 3.29. The summed E-state index contributed by atoms with van der Waals surface area (Å²) >= 11 is 0. The van der Waals surface area contributed by atoms with Crippen molar-refractivity contribution in [2.45, 2.75) is 6.61 Å². The third-order valence-electron chi connectivity index (χ3n) is 3.29. The van der Waals surface area contributed by atoms with Crippen LogP contribution in [0.2, 0.25) is 0 Å². The van der Waals surface area contributed by atoms with Crippen molar-refractivity contribution in [3.63, 3.8) is 0 Å². The minimum atomic E-state index is -0.381. The number of aliphatic hydroxyl groups is 1. The number of aliphatic hydroxyl groups excluding tert-OH is 1. The van der Waals surface area contributed by atoms with Gasteiger partial charge in [-0.2, -0.15) is 0 Å². The van der Waals surface area contributed by atoms with E-state index < -0.39 is 0 Å². The molecule has 0 atom stereocenters. The maximum absolute atomic E-state index is 12.3. The van der Waals surface area contributed by atoms with Crippen LogP contribution in [0.1, 0.15) is 26.3 Å². The minimum Gasteiger partial charge on any atom is -0.399 e. The number of hydrogen-bond acceptors (Lipinski definition) is 4. The number of imide groups is 1. The number of carbonyl (C=O) groups is 2. The molecule has 3 N–H and O–H groups in total. The lowest BCUT2D eigenvalue weighted by Gasteiger charge is -2.14. The Morgan fingerprint density at radius 2 is 1.60 bits per heavy atom. The highest BCUT2D eigenvalue weighted by Crippen LogP contribution is 2.29. The van der Waals surface area contributed by atoms with Crippen LogP contribution >= 0.6 is 0 Å². The zero-order valence-electron chi connectivity index (χ0n) is 10.5. The summed E-state index contributed by atoms with van der Waals surface area (Å²) in [6, 6.07) is 11.3. The number of hydrogen-bond donors (Lipinski definition) is 2. The van der Waals surface area contributed by atoms with Gasteiger partial charge in [-0.25, -0.2) is 4.90 Å². The van der Waals surface area contributed by atoms with Gasteiger partial charge in [0.25, 0.3) is 11.8 Å². The molecule has 100 valence electrons. The molecule has 0 saturated heterocycles. The van der Waals surface area contributed by atoms with Crippen molar-refractivity contribution >= 4 is 23.2 Å². The zero-order chi connectivity index (χ0) is 14.3. The number of nitrogens with zero attached hydrogens (tertiary/aromatic N) is 1. The van der Waals surface area contributed by atoms with Crippen molar-refractivity contribution in [1.29, 1.82) is 0 Å². The van der Waals surface area contributed by atoms with E-state index in [1.807, 2.05) is 0 Å². The first-order valence-electron chi connectivity index (χ1n) is 6.10. The number of anilines is 2. The van der Waals surface area contributed by atoms with E-state index in [1.165, 1.54) is 6.07 Å². The summed E-state index contributed by atoms with van der Waals surface area (Å²) in [5.74, 6) is -0.740. The first-order valence-corrected chi connectivity index (χ1v) is 6.10. The molecule has 0 unspecified atom stereocenters. The molecular weight excluding hydrogens is 256 g/mol. The van der Waals surface area contributed by atoms with Crippen molar-refractivity contribution in [2.24, 2.45) is 0 Å². The Kier molecular flexibility index (Phi) is 2.76. The van der Waals surface area contributed by atoms with Crippen molar-refractivity contribution in [3.8, 4) is 0 Å². The summed E-state index contributed by atoms with van der Waals surface area (Å²) in [5.41, 5.74) is 7.97. The highest BCUT2D eigenvalue weighted by atomic mass is 16.3. The van der Waals surface area contributed by atoms with Crippen LogP contribution in [0.15, 0.2) is 42.5 Å². The number of fused-ring (bicyclic) bond motifs is 1. The molecule has 2 aromatic rings. The smallest absolute Gasteiger partial charge is 0.266 e. The molecule has 3 rings (SSSR count). The SMILES string of the molecule is Nc1ccc2c(c1)C(=O)N(c1ccc(CO)cc1)C2=O. The highest BCUT2D eigenvalue weighted by Gasteiger charge is 2.36. The monoisotopic (exact) mass is 268 g/mol. The first-order chi connectivity index (χ1) is 9.61. The van der Waals surface area contributed by atoms with Gasteiger partial charge < -0.3 is 10.8 Å². The van der Waals surface area contributed by atoms with E-state index in [-0.39, 0.29) is 18.4 Å². The van der Waals surface area contributed by atoms with Gasteiger partial charge in [0.2, 0.25) is 0 Å². The summed E-state index contributed by atoms with van der Waals surface area (Å²) in [7, 11) is 0. The van der Waals surface area contributed by atoms with Crippen LogP contribution in [0.5, 0.6) is 0 Å². The second kappa shape index (κ2) is 4.47. The molecule has 0 bridgehead atoms. The van der Waals surface area contributed by atoms with E-state index in [2.05, 4.69) is 0 Å². The fraction of sp³-hybridized carbons (Fsp3) is 0.0667. The predicted octanol–water partition coefficient (Wildman–Crippen LogP) is 1.56. The molecule has 0 radical (unpaired) electrons. The summed E-state index contributed by atoms with van der Waals surface area (Å²) in [4.78, 5) is 25.7. The van der Waals surface area contributed by atoms with E-state index in [4.69, 9.17) is 10.8 Å². The predicted molar refractivity (Wildman–Crippen MR) is 74.4 cm³/mol. The van der Waals surface area contributed by atoms with Gasteiger partial charge in [-0.15, -0.1) is 0 Å². The van der Waals surface area contributed by atoms with E-state index in [1.54, 1.807) is 36.4 Å². The van der Waals surface area contributed by atoms with Crippen molar-refractivity contribution in [3.05, 3.63) is 59.2 Å². The molecule has 2 aromatic carbocycles. The molecule has 5 nitrogen and oxygen atoms in total. The quantitative estimate of drug-likeness (QED) is 0.639. The lowest BCUT2D eigenvalue weighted by Crippen LogP contribution is -2.29. The van der Waals surface area contributed by atoms with Gasteiger partial charge in [0.05, 0.1) is 23.4 Å². The van der Waals surface area contributed by atoms with Gasteiger partial charge in [-0.05, 0) is 35.9 Å². The maximum Gasteiger partial charge on any atom is 0.266 e. The second-order valence-electron chi connectivity index (χ2n) is 4.58. The van der Waals surface area contributed by atoms with Crippen molar-refractivity contribution in [2.75, 3.05) is 10.6 Å². The topological polar surface area (TPSA) is 83.6 Å². The Bertz CT molecular complexity index is 708. The normalized spacial score (nSPS) is 13.8. The lowest BCUT2D eigenvalue weighted by atomic mass is 10.1. The van der Waals surface area contributed by atoms with Crippen molar-refractivity contribution in [1.82, 2.24) is 0 Å². The number of rotatable bonds is 2. The molecule has 1 heterocycles. The van der Waals surface area contributed by atoms with Gasteiger partial charge in [0.15, 0.2) is 0 Å². The van der Waals surface area contributed by atoms with Crippen LogP contribution in [0, 0.1) is 0 Å². The average Bonchev–Trinajstić information content (AvgIpc) is 2.71. The van der Waals surface area contributed by atoms with Gasteiger partial charge >= 0.3 is 0 Å². The summed E-state index contributed by atoms with van der Waals surface area (Å²) in [6.45, 7) is -0.0844. The zero-order valence-corrected chi connectivity index (χ0v) is 10.5. The van der Waals surface area contributed by atoms with Gasteiger partial charge in [-0.1, -0.05) is 12.1 Å². The molecule has 0 aliphatic carbocycles. The Balaban J connectivity index is 2.04. The molecule has 1 aliphatic rings. The fourth-order valence-electron chi connectivity index (χ4n) is 2.24. The highest BCUT2D eigenvalue weighted by molar-refractivity contribution is 6.34. The largest absolute Gasteiger partial charge is 0.399 e. The molecule has 0 aromatic heterocycles. The summed E-state index contributed by atoms with van der Waals surface area (Å²) in [6.07, 6.45) is 0. The summed E-state index contributed by atoms with van der Waals surface area (Å²) < 4.78 is 0. The van der Waals surface area contributed by atoms with Crippen LogP contribution in [-0.4, -0.2) is 16.9 Å². The van der Waals surface area contributed by atoms with E-state index in [0.29, 0.717) is 22.5 Å². The second-order valence-corrected chi connectivity index (χ2v) is 4.58. The van der Waals surface area contributed by atoms with E-state index >= 15 is 0 Å². The van der Waals surface area contributed by atoms with Crippen LogP contribution in [0.3, 0.4) is 0 Å². The van der Waals surface area contributed by atoms with Crippen LogP contribution in [-0.2, 0) is 6.61 Å². The molecule has 5 heteroatoms. The molecule has 20 heavy (non-hydrogen) atoms. The number of nitrogen functional groups attached to an aromatic ring is 1. The molecule has 0 saturated carbocycles. The number of carbonyl (C=O) groups excluding carboxylic acids is 2. The molecular formula is C15H12N2O3.